The van der Waals surface area contributed by atoms with E-state index in [0.717, 1.165) is 0 Å². The Bertz CT molecular complexity index is 1310. The molecular formula is C25H19Cl2NO5. The summed E-state index contributed by atoms with van der Waals surface area (Å²) in [6.45, 7) is 2.08. The average Bonchev–Trinajstić information content (AvgIpc) is 3.17. The number of rotatable bonds is 8. The molecule has 1 aromatic heterocycles. The van der Waals surface area contributed by atoms with Gasteiger partial charge >= 0.3 is 0 Å². The fourth-order valence-corrected chi connectivity index (χ4v) is 3.70. The summed E-state index contributed by atoms with van der Waals surface area (Å²) >= 11 is 12.0. The van der Waals surface area contributed by atoms with Gasteiger partial charge in [0.25, 0.3) is 5.91 Å². The van der Waals surface area contributed by atoms with Crippen molar-refractivity contribution in [2.75, 3.05) is 18.5 Å². The number of halogens is 2. The standard InChI is InChI=1S/C25H19Cl2NO5/c1-2-31-17-10-7-15(8-11-17)24(30)25-23(18-5-3-4-6-20(18)33-25)28-22(29)14-32-21-12-9-16(26)13-19(21)27/h3-13H,2,14H2,1H3,(H,28,29). The number of nitrogens with one attached hydrogen (secondary N) is 1. The van der Waals surface area contributed by atoms with Gasteiger partial charge in [0.2, 0.25) is 5.78 Å². The summed E-state index contributed by atoms with van der Waals surface area (Å²) in [6, 6.07) is 18.5. The monoisotopic (exact) mass is 483 g/mol. The highest BCUT2D eigenvalue weighted by Gasteiger charge is 2.23. The third-order valence-corrected chi connectivity index (χ3v) is 5.28. The molecule has 6 nitrogen and oxygen atoms in total. The number of fused-ring (bicyclic) bond motifs is 1. The predicted molar refractivity (Wildman–Crippen MR) is 128 cm³/mol. The summed E-state index contributed by atoms with van der Waals surface area (Å²) in [4.78, 5) is 25.9. The maximum absolute atomic E-state index is 13.2. The minimum atomic E-state index is -0.478. The molecule has 0 radical (unpaired) electrons. The summed E-state index contributed by atoms with van der Waals surface area (Å²) in [5.74, 6) is 0.155. The molecule has 0 fully saturated rings. The Morgan fingerprint density at radius 3 is 2.45 bits per heavy atom. The van der Waals surface area contributed by atoms with Crippen molar-refractivity contribution in [3.05, 3.63) is 88.1 Å². The highest BCUT2D eigenvalue weighted by molar-refractivity contribution is 6.35. The molecule has 33 heavy (non-hydrogen) atoms. The predicted octanol–water partition coefficient (Wildman–Crippen LogP) is 6.39. The molecule has 1 heterocycles. The van der Waals surface area contributed by atoms with E-state index in [1.54, 1.807) is 60.7 Å². The lowest BCUT2D eigenvalue weighted by Crippen LogP contribution is -2.21. The van der Waals surface area contributed by atoms with Crippen LogP contribution in [0.15, 0.2) is 71.1 Å². The van der Waals surface area contributed by atoms with Crippen molar-refractivity contribution in [3.8, 4) is 11.5 Å². The van der Waals surface area contributed by atoms with Gasteiger partial charge in [-0.3, -0.25) is 9.59 Å². The van der Waals surface area contributed by atoms with Gasteiger partial charge in [0.05, 0.1) is 17.3 Å². The van der Waals surface area contributed by atoms with Crippen molar-refractivity contribution in [1.29, 1.82) is 0 Å². The molecule has 8 heteroatoms. The number of para-hydroxylation sites is 1. The van der Waals surface area contributed by atoms with Crippen LogP contribution >= 0.6 is 23.2 Å². The first kappa shape index (κ1) is 22.7. The molecule has 0 aliphatic rings. The van der Waals surface area contributed by atoms with E-state index in [1.165, 1.54) is 6.07 Å². The number of hydrogen-bond donors (Lipinski definition) is 1. The fraction of sp³-hybridized carbons (Fsp3) is 0.120. The summed E-state index contributed by atoms with van der Waals surface area (Å²) < 4.78 is 16.7. The normalized spacial score (nSPS) is 10.8. The zero-order valence-corrected chi connectivity index (χ0v) is 19.1. The van der Waals surface area contributed by atoms with Crippen molar-refractivity contribution < 1.29 is 23.5 Å². The average molecular weight is 484 g/mol. The molecule has 0 saturated carbocycles. The maximum Gasteiger partial charge on any atom is 0.262 e. The van der Waals surface area contributed by atoms with E-state index in [4.69, 9.17) is 37.1 Å². The highest BCUT2D eigenvalue weighted by Crippen LogP contribution is 2.33. The van der Waals surface area contributed by atoms with Crippen LogP contribution in [0, 0.1) is 0 Å². The first-order chi connectivity index (χ1) is 16.0. The number of ketones is 1. The Kier molecular flexibility index (Phi) is 6.87. The Morgan fingerprint density at radius 1 is 0.970 bits per heavy atom. The summed E-state index contributed by atoms with van der Waals surface area (Å²) in [5.41, 5.74) is 1.15. The summed E-state index contributed by atoms with van der Waals surface area (Å²) in [6.07, 6.45) is 0. The number of ether oxygens (including phenoxy) is 2. The van der Waals surface area contributed by atoms with Crippen molar-refractivity contribution in [1.82, 2.24) is 0 Å². The molecule has 0 saturated heterocycles. The molecule has 4 rings (SSSR count). The van der Waals surface area contributed by atoms with Gasteiger partial charge in [0.1, 0.15) is 17.1 Å². The maximum atomic E-state index is 13.2. The first-order valence-corrected chi connectivity index (χ1v) is 10.9. The molecule has 168 valence electrons. The van der Waals surface area contributed by atoms with E-state index in [1.807, 2.05) is 6.92 Å². The van der Waals surface area contributed by atoms with Crippen molar-refractivity contribution in [3.63, 3.8) is 0 Å². The van der Waals surface area contributed by atoms with Crippen LogP contribution in [0.3, 0.4) is 0 Å². The third kappa shape index (κ3) is 5.13. The SMILES string of the molecule is CCOc1ccc(C(=O)c2oc3ccccc3c2NC(=O)COc2ccc(Cl)cc2Cl)cc1. The van der Waals surface area contributed by atoms with Gasteiger partial charge in [-0.2, -0.15) is 0 Å². The molecule has 0 unspecified atom stereocenters. The Morgan fingerprint density at radius 2 is 1.73 bits per heavy atom. The summed E-state index contributed by atoms with van der Waals surface area (Å²) in [7, 11) is 0. The number of furan rings is 1. The zero-order valence-electron chi connectivity index (χ0n) is 17.6. The van der Waals surface area contributed by atoms with E-state index in [-0.39, 0.29) is 28.9 Å². The number of carbonyl (C=O) groups is 2. The molecular weight excluding hydrogens is 465 g/mol. The van der Waals surface area contributed by atoms with Crippen LogP contribution in [0.2, 0.25) is 10.0 Å². The second-order valence-electron chi connectivity index (χ2n) is 7.00. The molecule has 0 bridgehead atoms. The van der Waals surface area contributed by atoms with Crippen molar-refractivity contribution >= 4 is 51.5 Å². The smallest absolute Gasteiger partial charge is 0.262 e. The van der Waals surface area contributed by atoms with E-state index in [0.29, 0.717) is 39.7 Å². The molecule has 3 aromatic carbocycles. The fourth-order valence-electron chi connectivity index (χ4n) is 3.24. The zero-order chi connectivity index (χ0) is 23.4. The quantitative estimate of drug-likeness (QED) is 0.294. The van der Waals surface area contributed by atoms with Gasteiger partial charge in [-0.15, -0.1) is 0 Å². The van der Waals surface area contributed by atoms with Crippen molar-refractivity contribution in [2.24, 2.45) is 0 Å². The van der Waals surface area contributed by atoms with Crippen LogP contribution < -0.4 is 14.8 Å². The minimum Gasteiger partial charge on any atom is -0.494 e. The molecule has 0 spiro atoms. The Balaban J connectivity index is 1.58. The Labute approximate surface area is 200 Å². The lowest BCUT2D eigenvalue weighted by Gasteiger charge is -2.09. The van der Waals surface area contributed by atoms with Crippen LogP contribution in [-0.4, -0.2) is 24.9 Å². The molecule has 0 aliphatic heterocycles. The largest absolute Gasteiger partial charge is 0.494 e. The van der Waals surface area contributed by atoms with Gasteiger partial charge in [0, 0.05) is 16.0 Å². The minimum absolute atomic E-state index is 0.0261. The lowest BCUT2D eigenvalue weighted by atomic mass is 10.1. The van der Waals surface area contributed by atoms with Gasteiger partial charge in [0.15, 0.2) is 12.4 Å². The number of anilines is 1. The topological polar surface area (TPSA) is 77.8 Å². The summed E-state index contributed by atoms with van der Waals surface area (Å²) in [5, 5.41) is 4.09. The molecule has 0 aliphatic carbocycles. The Hall–Kier alpha value is -3.48. The van der Waals surface area contributed by atoms with E-state index in [9.17, 15) is 9.59 Å². The second-order valence-corrected chi connectivity index (χ2v) is 7.84. The van der Waals surface area contributed by atoms with Crippen LogP contribution in [-0.2, 0) is 4.79 Å². The number of benzene rings is 3. The van der Waals surface area contributed by atoms with E-state index in [2.05, 4.69) is 5.32 Å². The van der Waals surface area contributed by atoms with Crippen LogP contribution in [0.1, 0.15) is 23.0 Å². The van der Waals surface area contributed by atoms with Crippen LogP contribution in [0.25, 0.3) is 11.0 Å². The second kappa shape index (κ2) is 9.98. The first-order valence-electron chi connectivity index (χ1n) is 10.1. The van der Waals surface area contributed by atoms with Crippen molar-refractivity contribution in [2.45, 2.75) is 6.92 Å². The van der Waals surface area contributed by atoms with Gasteiger partial charge in [-0.05, 0) is 61.5 Å². The molecule has 1 N–H and O–H groups in total. The lowest BCUT2D eigenvalue weighted by molar-refractivity contribution is -0.118. The van der Waals surface area contributed by atoms with Gasteiger partial charge in [-0.25, -0.2) is 0 Å². The van der Waals surface area contributed by atoms with E-state index < -0.39 is 5.91 Å². The third-order valence-electron chi connectivity index (χ3n) is 4.75. The highest BCUT2D eigenvalue weighted by atomic mass is 35.5. The van der Waals surface area contributed by atoms with E-state index >= 15 is 0 Å². The number of hydrogen-bond acceptors (Lipinski definition) is 5. The van der Waals surface area contributed by atoms with Gasteiger partial charge in [-0.1, -0.05) is 35.3 Å². The molecule has 4 aromatic rings. The number of carbonyl (C=O) groups excluding carboxylic acids is 2. The molecule has 0 atom stereocenters. The van der Waals surface area contributed by atoms with Gasteiger partial charge < -0.3 is 19.2 Å². The number of amides is 1. The molecule has 1 amide bonds. The van der Waals surface area contributed by atoms with Crippen LogP contribution in [0.4, 0.5) is 5.69 Å². The van der Waals surface area contributed by atoms with Crippen LogP contribution in [0.5, 0.6) is 11.5 Å².